The SMILES string of the molecule is CNCC1CCN(S(=O)(=O)c2cc(Cl)ccc2OC(C)COC)CC1.Cl. The second-order valence-corrected chi connectivity index (χ2v) is 8.72. The summed E-state index contributed by atoms with van der Waals surface area (Å²) < 4.78 is 38.6. The van der Waals surface area contributed by atoms with E-state index in [0.29, 0.717) is 36.4 Å². The maximum Gasteiger partial charge on any atom is 0.246 e. The molecule has 26 heavy (non-hydrogen) atoms. The molecule has 0 spiro atoms. The molecule has 0 amide bonds. The third-order valence-corrected chi connectivity index (χ3v) is 6.47. The third kappa shape index (κ3) is 5.97. The lowest BCUT2D eigenvalue weighted by atomic mass is 9.98. The maximum absolute atomic E-state index is 13.1. The van der Waals surface area contributed by atoms with Crippen molar-refractivity contribution < 1.29 is 17.9 Å². The van der Waals surface area contributed by atoms with Crippen molar-refractivity contribution in [1.82, 2.24) is 9.62 Å². The summed E-state index contributed by atoms with van der Waals surface area (Å²) in [7, 11) is -0.157. The standard InChI is InChI=1S/C17H27ClN2O4S.ClH/c1-13(12-23-3)24-16-5-4-15(18)10-17(16)25(21,22)20-8-6-14(7-9-20)11-19-2;/h4-5,10,13-14,19H,6-9,11-12H2,1-3H3;1H. The van der Waals surface area contributed by atoms with Crippen molar-refractivity contribution in [3.63, 3.8) is 0 Å². The lowest BCUT2D eigenvalue weighted by Gasteiger charge is -2.31. The van der Waals surface area contributed by atoms with Crippen molar-refractivity contribution in [2.45, 2.75) is 30.8 Å². The van der Waals surface area contributed by atoms with Crippen LogP contribution in [0.3, 0.4) is 0 Å². The van der Waals surface area contributed by atoms with E-state index < -0.39 is 10.0 Å². The molecule has 6 nitrogen and oxygen atoms in total. The number of hydrogen-bond donors (Lipinski definition) is 1. The third-order valence-electron chi connectivity index (χ3n) is 4.32. The first-order chi connectivity index (χ1) is 11.9. The van der Waals surface area contributed by atoms with Crippen LogP contribution in [0.15, 0.2) is 23.1 Å². The predicted molar refractivity (Wildman–Crippen MR) is 106 cm³/mol. The molecule has 1 aromatic rings. The van der Waals surface area contributed by atoms with E-state index in [0.717, 1.165) is 19.4 Å². The Labute approximate surface area is 167 Å². The minimum absolute atomic E-state index is 0. The first kappa shape index (κ1) is 23.5. The fourth-order valence-electron chi connectivity index (χ4n) is 3.05. The van der Waals surface area contributed by atoms with Gasteiger partial charge in [-0.3, -0.25) is 0 Å². The topological polar surface area (TPSA) is 67.9 Å². The summed E-state index contributed by atoms with van der Waals surface area (Å²) in [5, 5.41) is 3.53. The smallest absolute Gasteiger partial charge is 0.246 e. The highest BCUT2D eigenvalue weighted by atomic mass is 35.5. The monoisotopic (exact) mass is 426 g/mol. The highest BCUT2D eigenvalue weighted by Gasteiger charge is 2.32. The van der Waals surface area contributed by atoms with Crippen molar-refractivity contribution in [2.75, 3.05) is 40.4 Å². The van der Waals surface area contributed by atoms with Crippen molar-refractivity contribution >= 4 is 34.0 Å². The molecule has 1 fully saturated rings. The van der Waals surface area contributed by atoms with Gasteiger partial charge in [-0.2, -0.15) is 4.31 Å². The van der Waals surface area contributed by atoms with Crippen LogP contribution in [0.5, 0.6) is 5.75 Å². The molecule has 150 valence electrons. The fraction of sp³-hybridized carbons (Fsp3) is 0.647. The Bertz CT molecular complexity index is 665. The number of hydrogen-bond acceptors (Lipinski definition) is 5. The van der Waals surface area contributed by atoms with Crippen LogP contribution in [-0.2, 0) is 14.8 Å². The Morgan fingerprint density at radius 2 is 2.00 bits per heavy atom. The number of ether oxygens (including phenoxy) is 2. The van der Waals surface area contributed by atoms with Crippen LogP contribution in [0.25, 0.3) is 0 Å². The van der Waals surface area contributed by atoms with Gasteiger partial charge in [-0.25, -0.2) is 8.42 Å². The number of benzene rings is 1. The lowest BCUT2D eigenvalue weighted by Crippen LogP contribution is -2.40. The van der Waals surface area contributed by atoms with Gasteiger partial charge in [0.2, 0.25) is 10.0 Å². The molecule has 1 N–H and O–H groups in total. The molecule has 0 aliphatic carbocycles. The highest BCUT2D eigenvalue weighted by molar-refractivity contribution is 7.89. The number of sulfonamides is 1. The first-order valence-corrected chi connectivity index (χ1v) is 10.3. The van der Waals surface area contributed by atoms with Gasteiger partial charge in [0.1, 0.15) is 16.7 Å². The second kappa shape index (κ2) is 10.7. The Morgan fingerprint density at radius 3 is 2.58 bits per heavy atom. The van der Waals surface area contributed by atoms with Crippen LogP contribution in [0.1, 0.15) is 19.8 Å². The zero-order valence-corrected chi connectivity index (χ0v) is 17.8. The molecule has 1 unspecified atom stereocenters. The Kier molecular flexibility index (Phi) is 9.64. The van der Waals surface area contributed by atoms with Crippen LogP contribution in [-0.4, -0.2) is 59.2 Å². The second-order valence-electron chi connectivity index (χ2n) is 6.38. The average molecular weight is 427 g/mol. The summed E-state index contributed by atoms with van der Waals surface area (Å²) in [5.74, 6) is 0.819. The molecular formula is C17H28Cl2N2O4S. The molecule has 9 heteroatoms. The van der Waals surface area contributed by atoms with Gasteiger partial charge < -0.3 is 14.8 Å². The van der Waals surface area contributed by atoms with Gasteiger partial charge in [0.05, 0.1) is 6.61 Å². The van der Waals surface area contributed by atoms with Gasteiger partial charge in [-0.1, -0.05) is 11.6 Å². The summed E-state index contributed by atoms with van der Waals surface area (Å²) in [6, 6.07) is 4.70. The molecule has 0 aromatic heterocycles. The number of nitrogens with zero attached hydrogens (tertiary/aromatic N) is 1. The summed E-state index contributed by atoms with van der Waals surface area (Å²) >= 11 is 6.05. The van der Waals surface area contributed by atoms with E-state index in [1.807, 2.05) is 14.0 Å². The van der Waals surface area contributed by atoms with E-state index in [1.165, 1.54) is 10.4 Å². The van der Waals surface area contributed by atoms with Crippen molar-refractivity contribution in [3.05, 3.63) is 23.2 Å². The van der Waals surface area contributed by atoms with Crippen LogP contribution >= 0.6 is 24.0 Å². The van der Waals surface area contributed by atoms with E-state index >= 15 is 0 Å². The minimum Gasteiger partial charge on any atom is -0.487 e. The largest absolute Gasteiger partial charge is 0.487 e. The van der Waals surface area contributed by atoms with Gasteiger partial charge in [0.15, 0.2) is 0 Å². The maximum atomic E-state index is 13.1. The zero-order valence-electron chi connectivity index (χ0n) is 15.4. The van der Waals surface area contributed by atoms with E-state index in [2.05, 4.69) is 5.32 Å². The quantitative estimate of drug-likeness (QED) is 0.691. The molecule has 0 saturated carbocycles. The van der Waals surface area contributed by atoms with E-state index in [1.54, 1.807) is 19.2 Å². The average Bonchev–Trinajstić information content (AvgIpc) is 2.57. The van der Waals surface area contributed by atoms with E-state index in [4.69, 9.17) is 21.1 Å². The molecule has 1 heterocycles. The number of rotatable bonds is 8. The molecule has 0 bridgehead atoms. The minimum atomic E-state index is -3.65. The number of methoxy groups -OCH3 is 1. The predicted octanol–water partition coefficient (Wildman–Crippen LogP) is 2.80. The van der Waals surface area contributed by atoms with Crippen molar-refractivity contribution in [1.29, 1.82) is 0 Å². The van der Waals surface area contributed by atoms with Crippen LogP contribution in [0.4, 0.5) is 0 Å². The fourth-order valence-corrected chi connectivity index (χ4v) is 4.90. The van der Waals surface area contributed by atoms with Gasteiger partial charge in [0, 0.05) is 25.2 Å². The van der Waals surface area contributed by atoms with Crippen LogP contribution < -0.4 is 10.1 Å². The molecular weight excluding hydrogens is 399 g/mol. The Morgan fingerprint density at radius 1 is 1.35 bits per heavy atom. The van der Waals surface area contributed by atoms with Crippen molar-refractivity contribution in [2.24, 2.45) is 5.92 Å². The lowest BCUT2D eigenvalue weighted by molar-refractivity contribution is 0.0900. The molecule has 2 rings (SSSR count). The molecule has 0 radical (unpaired) electrons. The molecule has 1 aliphatic heterocycles. The first-order valence-electron chi connectivity index (χ1n) is 8.48. The summed E-state index contributed by atoms with van der Waals surface area (Å²) in [6.07, 6.45) is 1.43. The Hall–Kier alpha value is -0.570. The normalized spacial score (nSPS) is 17.5. The molecule has 1 saturated heterocycles. The van der Waals surface area contributed by atoms with E-state index in [-0.39, 0.29) is 23.4 Å². The van der Waals surface area contributed by atoms with Gasteiger partial charge in [-0.15, -0.1) is 12.4 Å². The summed E-state index contributed by atoms with van der Waals surface area (Å²) in [4.78, 5) is 0.120. The number of halogens is 2. The van der Waals surface area contributed by atoms with Gasteiger partial charge in [-0.05, 0) is 57.5 Å². The van der Waals surface area contributed by atoms with Gasteiger partial charge >= 0.3 is 0 Å². The van der Waals surface area contributed by atoms with Crippen molar-refractivity contribution in [3.8, 4) is 5.75 Å². The van der Waals surface area contributed by atoms with Crippen LogP contribution in [0, 0.1) is 5.92 Å². The summed E-state index contributed by atoms with van der Waals surface area (Å²) in [5.41, 5.74) is 0. The highest BCUT2D eigenvalue weighted by Crippen LogP contribution is 2.32. The van der Waals surface area contributed by atoms with Crippen LogP contribution in [0.2, 0.25) is 5.02 Å². The van der Waals surface area contributed by atoms with E-state index in [9.17, 15) is 8.42 Å². The molecule has 1 aromatic carbocycles. The summed E-state index contributed by atoms with van der Waals surface area (Å²) in [6.45, 7) is 4.13. The molecule has 1 atom stereocenters. The van der Waals surface area contributed by atoms with Gasteiger partial charge in [0.25, 0.3) is 0 Å². The Balaban J connectivity index is 0.00000338. The molecule has 1 aliphatic rings. The zero-order chi connectivity index (χ0) is 18.4. The number of nitrogens with one attached hydrogen (secondary N) is 1. The number of piperidine rings is 1.